The Bertz CT molecular complexity index is 3070. The Morgan fingerprint density at radius 2 is 0.700 bits per heavy atom. The van der Waals surface area contributed by atoms with Gasteiger partial charge in [0.2, 0.25) is 0 Å². The van der Waals surface area contributed by atoms with Crippen molar-refractivity contribution >= 4 is 46.4 Å². The molecular weight excluding hydrogens is 782 g/mol. The fourth-order valence-electron chi connectivity index (χ4n) is 9.36. The second kappa shape index (κ2) is 16.0. The summed E-state index contributed by atoms with van der Waals surface area (Å²) in [5, 5.41) is 0. The molecule has 7 aromatic rings. The van der Waals surface area contributed by atoms with E-state index in [9.17, 15) is 0 Å². The monoisotopic (exact) mass is 826 g/mol. The average Bonchev–Trinajstić information content (AvgIpc) is 4.02. The Hall–Kier alpha value is -6.34. The minimum Gasteiger partial charge on any atom is -0.657 e. The molecule has 0 saturated carbocycles. The summed E-state index contributed by atoms with van der Waals surface area (Å²) in [5.74, 6) is 6.95. The Kier molecular flexibility index (Phi) is 10.8. The molecule has 0 saturated heterocycles. The van der Waals surface area contributed by atoms with Gasteiger partial charge in [-0.1, -0.05) is 107 Å². The van der Waals surface area contributed by atoms with E-state index >= 15 is 0 Å². The summed E-state index contributed by atoms with van der Waals surface area (Å²) < 4.78 is 0. The Labute approximate surface area is 366 Å². The van der Waals surface area contributed by atoms with Crippen LogP contribution in [-0.2, 0) is 19.5 Å². The maximum Gasteiger partial charge on any atom is 2.00 e. The smallest absolute Gasteiger partial charge is 0.657 e. The third kappa shape index (κ3) is 7.31. The molecule has 60 heavy (non-hydrogen) atoms. The van der Waals surface area contributed by atoms with E-state index < -0.39 is 0 Å². The van der Waals surface area contributed by atoms with Crippen LogP contribution in [0.15, 0.2) is 91.0 Å². The Balaban J connectivity index is 0.00000499. The van der Waals surface area contributed by atoms with Gasteiger partial charge < -0.3 is 9.97 Å². The first-order valence-corrected chi connectivity index (χ1v) is 20.3. The first-order chi connectivity index (χ1) is 28.4. The van der Waals surface area contributed by atoms with Crippen LogP contribution in [0.2, 0.25) is 0 Å². The molecular formula is C55H46N4Zn. The summed E-state index contributed by atoms with van der Waals surface area (Å²) in [4.78, 5) is 21.9. The van der Waals surface area contributed by atoms with Crippen LogP contribution < -0.4 is 9.97 Å². The SMILES string of the molecule is Cc1cc(C)c(-c2c3nc(c(-c4c(C)cc(C)cc4C)c4ccc([n-]4)c(-c4c(C)cc(C)cc4C)c4nc(c(C#Cc5ccccc5)c5ccc2[n-]5)C=C4)C=C3)c(C)c1.[Zn+2]. The molecule has 8 bridgehead atoms. The van der Waals surface area contributed by atoms with Gasteiger partial charge >= 0.3 is 19.5 Å². The first-order valence-electron chi connectivity index (χ1n) is 20.3. The molecule has 0 radical (unpaired) electrons. The molecule has 4 aromatic carbocycles. The number of nitrogens with zero attached hydrogens (tertiary/aromatic N) is 4. The Morgan fingerprint density at radius 1 is 0.367 bits per heavy atom. The number of rotatable bonds is 3. The van der Waals surface area contributed by atoms with Gasteiger partial charge in [0.15, 0.2) is 0 Å². The van der Waals surface area contributed by atoms with Crippen molar-refractivity contribution in [2.45, 2.75) is 62.3 Å². The number of benzene rings is 4. The van der Waals surface area contributed by atoms with Gasteiger partial charge in [0.1, 0.15) is 0 Å². The van der Waals surface area contributed by atoms with Gasteiger partial charge in [-0.25, -0.2) is 9.97 Å². The van der Waals surface area contributed by atoms with Crippen LogP contribution in [0.4, 0.5) is 0 Å². The van der Waals surface area contributed by atoms with Crippen LogP contribution in [-0.4, -0.2) is 9.97 Å². The van der Waals surface area contributed by atoms with Crippen molar-refractivity contribution in [2.24, 2.45) is 0 Å². The molecule has 3 aromatic heterocycles. The molecule has 0 unspecified atom stereocenters. The molecule has 0 aliphatic carbocycles. The van der Waals surface area contributed by atoms with Crippen molar-refractivity contribution < 1.29 is 19.5 Å². The molecule has 0 fully saturated rings. The first kappa shape index (κ1) is 40.4. The van der Waals surface area contributed by atoms with Crippen LogP contribution in [0.5, 0.6) is 0 Å². The van der Waals surface area contributed by atoms with E-state index in [-0.39, 0.29) is 19.5 Å². The normalized spacial score (nSPS) is 11.7. The summed E-state index contributed by atoms with van der Waals surface area (Å²) in [6, 6.07) is 32.1. The van der Waals surface area contributed by atoms with Gasteiger partial charge in [0, 0.05) is 11.1 Å². The topological polar surface area (TPSA) is 54.0 Å². The molecule has 2 aliphatic rings. The molecule has 5 heteroatoms. The molecule has 4 nitrogen and oxygen atoms in total. The zero-order valence-electron chi connectivity index (χ0n) is 36.0. The summed E-state index contributed by atoms with van der Waals surface area (Å²) in [6.07, 6.45) is 8.51. The molecule has 0 amide bonds. The van der Waals surface area contributed by atoms with Crippen molar-refractivity contribution in [3.05, 3.63) is 175 Å². The average molecular weight is 828 g/mol. The largest absolute Gasteiger partial charge is 2.00 e. The minimum atomic E-state index is 0. The van der Waals surface area contributed by atoms with Crippen LogP contribution in [0.3, 0.4) is 0 Å². The molecule has 0 atom stereocenters. The fraction of sp³-hybridized carbons (Fsp3) is 0.164. The molecule has 5 heterocycles. The van der Waals surface area contributed by atoms with E-state index in [4.69, 9.17) is 19.9 Å². The third-order valence-electron chi connectivity index (χ3n) is 11.5. The quantitative estimate of drug-likeness (QED) is 0.131. The van der Waals surface area contributed by atoms with Gasteiger partial charge in [-0.15, -0.1) is 22.1 Å². The van der Waals surface area contributed by atoms with E-state index in [2.05, 4.69) is 159 Å². The van der Waals surface area contributed by atoms with Gasteiger partial charge in [0.05, 0.1) is 22.8 Å². The van der Waals surface area contributed by atoms with E-state index in [1.54, 1.807) is 0 Å². The van der Waals surface area contributed by atoms with Crippen molar-refractivity contribution in [3.63, 3.8) is 0 Å². The summed E-state index contributed by atoms with van der Waals surface area (Å²) in [7, 11) is 0. The maximum absolute atomic E-state index is 5.55. The van der Waals surface area contributed by atoms with Crippen LogP contribution >= 0.6 is 0 Å². The standard InChI is InChI=1S/C55H46N4.Zn/c1-31-25-34(4)50(35(5)26-31)53-44-19-17-42(56-44)41(16-15-40-13-11-10-12-14-40)43-18-20-45(57-43)54(51-36(6)27-32(2)28-37(51)7)47-22-24-49(59-47)55(48-23-21-46(53)58-48)52-38(8)29-33(3)30-39(52)9;/h10-14,17-30H,1-9H3;/q-2;+2. The number of aromatic nitrogens is 4. The molecule has 9 rings (SSSR count). The van der Waals surface area contributed by atoms with Crippen molar-refractivity contribution in [1.29, 1.82) is 0 Å². The van der Waals surface area contributed by atoms with Crippen LogP contribution in [0.1, 0.15) is 84.0 Å². The number of hydrogen-bond acceptors (Lipinski definition) is 2. The zero-order chi connectivity index (χ0) is 41.1. The number of fused-ring (bicyclic) bond motifs is 8. The van der Waals surface area contributed by atoms with Crippen LogP contribution in [0.25, 0.3) is 79.8 Å². The minimum absolute atomic E-state index is 0. The van der Waals surface area contributed by atoms with E-state index in [0.29, 0.717) is 0 Å². The predicted molar refractivity (Wildman–Crippen MR) is 248 cm³/mol. The number of aryl methyl sites for hydroxylation is 9. The second-order valence-corrected chi connectivity index (χ2v) is 16.3. The van der Waals surface area contributed by atoms with Crippen LogP contribution in [0, 0.1) is 74.2 Å². The van der Waals surface area contributed by atoms with E-state index in [1.165, 1.54) is 50.1 Å². The summed E-state index contributed by atoms with van der Waals surface area (Å²) >= 11 is 0. The third-order valence-corrected chi connectivity index (χ3v) is 11.5. The van der Waals surface area contributed by atoms with Gasteiger partial charge in [0.25, 0.3) is 0 Å². The predicted octanol–water partition coefficient (Wildman–Crippen LogP) is 13.1. The molecule has 2 aliphatic heterocycles. The molecule has 288 valence electrons. The van der Waals surface area contributed by atoms with E-state index in [0.717, 1.165) is 89.4 Å². The Morgan fingerprint density at radius 3 is 1.10 bits per heavy atom. The maximum atomic E-state index is 5.55. The van der Waals surface area contributed by atoms with Gasteiger partial charge in [-0.05, 0) is 166 Å². The number of hydrogen-bond donors (Lipinski definition) is 0. The summed E-state index contributed by atoms with van der Waals surface area (Å²) in [5.41, 5.74) is 25.6. The zero-order valence-corrected chi connectivity index (χ0v) is 38.9. The molecule has 0 spiro atoms. The molecule has 0 N–H and O–H groups in total. The van der Waals surface area contributed by atoms with Gasteiger partial charge in [-0.2, -0.15) is 0 Å². The fourth-order valence-corrected chi connectivity index (χ4v) is 9.36. The van der Waals surface area contributed by atoms with E-state index in [1.807, 2.05) is 30.3 Å². The summed E-state index contributed by atoms with van der Waals surface area (Å²) in [6.45, 7) is 19.6. The van der Waals surface area contributed by atoms with Crippen molar-refractivity contribution in [3.8, 4) is 45.2 Å². The van der Waals surface area contributed by atoms with Gasteiger partial charge in [-0.3, -0.25) is 0 Å². The van der Waals surface area contributed by atoms with Crippen molar-refractivity contribution in [1.82, 2.24) is 19.9 Å². The second-order valence-electron chi connectivity index (χ2n) is 16.3. The van der Waals surface area contributed by atoms with Crippen molar-refractivity contribution in [2.75, 3.05) is 0 Å².